The zero-order chi connectivity index (χ0) is 21.1. The van der Waals surface area contributed by atoms with E-state index in [1.807, 2.05) is 0 Å². The van der Waals surface area contributed by atoms with E-state index in [0.29, 0.717) is 22.8 Å². The van der Waals surface area contributed by atoms with Gasteiger partial charge in [-0.15, -0.1) is 11.8 Å². The Morgan fingerprint density at radius 1 is 1.14 bits per heavy atom. The van der Waals surface area contributed by atoms with Crippen LogP contribution in [0.5, 0.6) is 17.2 Å². The molecule has 28 heavy (non-hydrogen) atoms. The van der Waals surface area contributed by atoms with Gasteiger partial charge in [0.25, 0.3) is 5.60 Å². The molecule has 1 heterocycles. The van der Waals surface area contributed by atoms with Gasteiger partial charge in [-0.3, -0.25) is 4.79 Å². The molecule has 1 amide bonds. The van der Waals surface area contributed by atoms with Crippen LogP contribution in [0.4, 0.5) is 0 Å². The van der Waals surface area contributed by atoms with Gasteiger partial charge in [0.1, 0.15) is 5.37 Å². The van der Waals surface area contributed by atoms with Crippen molar-refractivity contribution in [2.45, 2.75) is 17.4 Å². The van der Waals surface area contributed by atoms with Crippen molar-refractivity contribution in [1.82, 2.24) is 4.90 Å². The Hall–Kier alpha value is -2.66. The molecule has 3 N–H and O–H groups in total. The number of aliphatic hydroxyl groups is 1. The zero-order valence-corrected chi connectivity index (χ0v) is 16.3. The number of amides is 1. The average Bonchev–Trinajstić information content (AvgIpc) is 3.04. The molecule has 1 atom stereocenters. The summed E-state index contributed by atoms with van der Waals surface area (Å²) in [4.78, 5) is 35.9. The Labute approximate surface area is 165 Å². The van der Waals surface area contributed by atoms with Crippen LogP contribution >= 0.6 is 11.8 Å². The molecule has 1 aliphatic rings. The van der Waals surface area contributed by atoms with Gasteiger partial charge in [0.05, 0.1) is 27.1 Å². The van der Waals surface area contributed by atoms with E-state index < -0.39 is 29.3 Å². The normalized spacial score (nSPS) is 16.8. The van der Waals surface area contributed by atoms with E-state index in [0.717, 1.165) is 0 Å². The molecule has 2 rings (SSSR count). The second-order valence-corrected chi connectivity index (χ2v) is 7.00. The molecule has 1 aromatic rings. The predicted octanol–water partition coefficient (Wildman–Crippen LogP) is 0.577. The maximum Gasteiger partial charge on any atom is 0.347 e. The summed E-state index contributed by atoms with van der Waals surface area (Å²) >= 11 is 1.28. The first-order chi connectivity index (χ1) is 13.2. The van der Waals surface area contributed by atoms with Gasteiger partial charge < -0.3 is 34.4 Å². The number of carboxylic acid groups (broad SMARTS) is 2. The molecular formula is C17H21NO9S. The topological polar surface area (TPSA) is 143 Å². The molecule has 0 radical (unpaired) electrons. The summed E-state index contributed by atoms with van der Waals surface area (Å²) in [6.07, 6.45) is -0.662. The smallest absolute Gasteiger partial charge is 0.347 e. The van der Waals surface area contributed by atoms with Crippen molar-refractivity contribution >= 4 is 29.6 Å². The van der Waals surface area contributed by atoms with Gasteiger partial charge in [0.2, 0.25) is 11.7 Å². The Balaban J connectivity index is 2.34. The van der Waals surface area contributed by atoms with Crippen molar-refractivity contribution in [1.29, 1.82) is 0 Å². The van der Waals surface area contributed by atoms with Gasteiger partial charge in [-0.05, 0) is 17.7 Å². The number of hydrogen-bond acceptors (Lipinski definition) is 8. The number of thioether (sulfide) groups is 1. The SMILES string of the molecule is COc1cc(C2SCC(=O)N2CCC(O)(C(=O)O)C(=O)O)cc(OC)c1OC. The molecule has 1 fully saturated rings. The number of aliphatic carboxylic acids is 2. The van der Waals surface area contributed by atoms with Crippen LogP contribution in [-0.4, -0.2) is 77.3 Å². The fourth-order valence-electron chi connectivity index (χ4n) is 2.80. The first kappa shape index (κ1) is 21.6. The van der Waals surface area contributed by atoms with Gasteiger partial charge >= 0.3 is 11.9 Å². The van der Waals surface area contributed by atoms with E-state index in [1.165, 1.54) is 38.0 Å². The summed E-state index contributed by atoms with van der Waals surface area (Å²) in [5.41, 5.74) is -2.35. The van der Waals surface area contributed by atoms with Crippen molar-refractivity contribution < 1.29 is 43.9 Å². The molecule has 0 spiro atoms. The van der Waals surface area contributed by atoms with E-state index in [2.05, 4.69) is 0 Å². The summed E-state index contributed by atoms with van der Waals surface area (Å²) in [6, 6.07) is 3.32. The van der Waals surface area contributed by atoms with Crippen molar-refractivity contribution in [3.63, 3.8) is 0 Å². The molecule has 154 valence electrons. The Bertz CT molecular complexity index is 743. The molecule has 1 aliphatic heterocycles. The monoisotopic (exact) mass is 415 g/mol. The van der Waals surface area contributed by atoms with E-state index in [9.17, 15) is 19.5 Å². The van der Waals surface area contributed by atoms with Crippen molar-refractivity contribution in [2.24, 2.45) is 0 Å². The van der Waals surface area contributed by atoms with E-state index in [1.54, 1.807) is 12.1 Å². The minimum Gasteiger partial charge on any atom is -0.493 e. The van der Waals surface area contributed by atoms with Gasteiger partial charge in [-0.25, -0.2) is 9.59 Å². The number of carboxylic acids is 2. The van der Waals surface area contributed by atoms with Crippen LogP contribution in [0.2, 0.25) is 0 Å². The summed E-state index contributed by atoms with van der Waals surface area (Å²) in [5.74, 6) is -2.82. The molecular weight excluding hydrogens is 394 g/mol. The van der Waals surface area contributed by atoms with Crippen LogP contribution in [0, 0.1) is 0 Å². The number of carbonyl (C=O) groups excluding carboxylic acids is 1. The lowest BCUT2D eigenvalue weighted by atomic mass is 10.00. The summed E-state index contributed by atoms with van der Waals surface area (Å²) in [7, 11) is 4.36. The highest BCUT2D eigenvalue weighted by Crippen LogP contribution is 2.45. The molecule has 0 saturated carbocycles. The standard InChI is InChI=1S/C17H21NO9S/c1-25-10-6-9(7-11(26-2)13(10)27-3)14-18(12(19)8-28-14)5-4-17(24,15(20)21)16(22)23/h6-7,14,24H,4-5,8H2,1-3H3,(H,20,21)(H,22,23). The van der Waals surface area contributed by atoms with Crippen LogP contribution in [0.15, 0.2) is 12.1 Å². The second-order valence-electron chi connectivity index (χ2n) is 5.93. The molecule has 11 heteroatoms. The predicted molar refractivity (Wildman–Crippen MR) is 97.8 cm³/mol. The second kappa shape index (κ2) is 8.57. The lowest BCUT2D eigenvalue weighted by molar-refractivity contribution is -0.177. The third-order valence-electron chi connectivity index (χ3n) is 4.36. The molecule has 1 saturated heterocycles. The first-order valence-corrected chi connectivity index (χ1v) is 9.14. The number of rotatable bonds is 9. The first-order valence-electron chi connectivity index (χ1n) is 8.09. The average molecular weight is 415 g/mol. The Morgan fingerprint density at radius 3 is 2.11 bits per heavy atom. The van der Waals surface area contributed by atoms with Gasteiger partial charge in [-0.2, -0.15) is 0 Å². The molecule has 0 aromatic heterocycles. The minimum atomic E-state index is -2.98. The number of carbonyl (C=O) groups is 3. The quantitative estimate of drug-likeness (QED) is 0.490. The van der Waals surface area contributed by atoms with E-state index in [4.69, 9.17) is 24.4 Å². The van der Waals surface area contributed by atoms with Crippen LogP contribution in [-0.2, 0) is 14.4 Å². The third kappa shape index (κ3) is 3.94. The number of hydrogen-bond donors (Lipinski definition) is 3. The lowest BCUT2D eigenvalue weighted by Crippen LogP contribution is -2.49. The third-order valence-corrected chi connectivity index (χ3v) is 5.62. The van der Waals surface area contributed by atoms with Crippen LogP contribution in [0.25, 0.3) is 0 Å². The zero-order valence-electron chi connectivity index (χ0n) is 15.5. The van der Waals surface area contributed by atoms with Gasteiger partial charge in [0.15, 0.2) is 11.5 Å². The summed E-state index contributed by atoms with van der Waals surface area (Å²) in [6.45, 7) is -0.262. The molecule has 1 unspecified atom stereocenters. The van der Waals surface area contributed by atoms with Crippen LogP contribution in [0.1, 0.15) is 17.4 Å². The molecule has 0 aliphatic carbocycles. The maximum absolute atomic E-state index is 12.3. The highest BCUT2D eigenvalue weighted by atomic mass is 32.2. The fraction of sp³-hybridized carbons (Fsp3) is 0.471. The maximum atomic E-state index is 12.3. The summed E-state index contributed by atoms with van der Waals surface area (Å²) in [5, 5.41) is 27.4. The van der Waals surface area contributed by atoms with Crippen molar-refractivity contribution in [2.75, 3.05) is 33.6 Å². The molecule has 1 aromatic carbocycles. The number of benzene rings is 1. The fourth-order valence-corrected chi connectivity index (χ4v) is 4.00. The highest BCUT2D eigenvalue weighted by molar-refractivity contribution is 8.00. The van der Waals surface area contributed by atoms with Crippen LogP contribution < -0.4 is 14.2 Å². The summed E-state index contributed by atoms with van der Waals surface area (Å²) < 4.78 is 15.9. The molecule has 10 nitrogen and oxygen atoms in total. The van der Waals surface area contributed by atoms with Gasteiger partial charge in [0, 0.05) is 13.0 Å². The molecule has 0 bridgehead atoms. The number of methoxy groups -OCH3 is 3. The number of nitrogens with zero attached hydrogens (tertiary/aromatic N) is 1. The Morgan fingerprint density at radius 2 is 1.68 bits per heavy atom. The minimum absolute atomic E-state index is 0.125. The largest absolute Gasteiger partial charge is 0.493 e. The van der Waals surface area contributed by atoms with E-state index >= 15 is 0 Å². The van der Waals surface area contributed by atoms with Crippen molar-refractivity contribution in [3.05, 3.63) is 17.7 Å². The highest BCUT2D eigenvalue weighted by Gasteiger charge is 2.46. The van der Waals surface area contributed by atoms with Gasteiger partial charge in [-0.1, -0.05) is 0 Å². The number of ether oxygens (including phenoxy) is 3. The van der Waals surface area contributed by atoms with Crippen LogP contribution in [0.3, 0.4) is 0 Å². The van der Waals surface area contributed by atoms with E-state index in [-0.39, 0.29) is 18.2 Å². The lowest BCUT2D eigenvalue weighted by Gasteiger charge is -2.28. The Kier molecular flexibility index (Phi) is 6.62. The van der Waals surface area contributed by atoms with Crippen molar-refractivity contribution in [3.8, 4) is 17.2 Å².